The predicted molar refractivity (Wildman–Crippen MR) is 138 cm³/mol. The van der Waals surface area contributed by atoms with Crippen molar-refractivity contribution in [3.05, 3.63) is 46.1 Å². The van der Waals surface area contributed by atoms with Crippen LogP contribution in [0.4, 0.5) is 0 Å². The Morgan fingerprint density at radius 2 is 1.64 bits per heavy atom. The number of thioether (sulfide) groups is 1. The average molecular weight is 517 g/mol. The number of hydrogen-bond donors (Lipinski definition) is 0. The van der Waals surface area contributed by atoms with Crippen LogP contribution in [-0.2, 0) is 25.5 Å². The topological polar surface area (TPSA) is 96.7 Å². The van der Waals surface area contributed by atoms with Gasteiger partial charge in [0.2, 0.25) is 11.8 Å². The Morgan fingerprint density at radius 1 is 1.00 bits per heavy atom. The Kier molecular flexibility index (Phi) is 8.87. The summed E-state index contributed by atoms with van der Waals surface area (Å²) >= 11 is 1.53. The summed E-state index contributed by atoms with van der Waals surface area (Å²) in [6.07, 6.45) is -0.160. The maximum atomic E-state index is 12.3. The van der Waals surface area contributed by atoms with E-state index in [0.29, 0.717) is 18.0 Å². The van der Waals surface area contributed by atoms with Gasteiger partial charge in [-0.25, -0.2) is 4.68 Å². The molecule has 2 heterocycles. The van der Waals surface area contributed by atoms with Crippen LogP contribution in [0.1, 0.15) is 73.8 Å². The number of nitrogens with zero attached hydrogens (tertiary/aromatic N) is 2. The molecule has 1 fully saturated rings. The third-order valence-electron chi connectivity index (χ3n) is 6.69. The van der Waals surface area contributed by atoms with Crippen molar-refractivity contribution in [3.8, 4) is 5.88 Å². The van der Waals surface area contributed by atoms with Gasteiger partial charge in [0, 0.05) is 43.9 Å². The Labute approximate surface area is 217 Å². The molecule has 0 bridgehead atoms. The van der Waals surface area contributed by atoms with E-state index in [2.05, 4.69) is 44.1 Å². The summed E-state index contributed by atoms with van der Waals surface area (Å²) in [5.74, 6) is -0.915. The SMILES string of the molecule is CC[C@H]1S[C@@H](Oc2nn(C(C)=O)c(C)c2Cc2ccc(C)c(C)c2)[C@H](OC(C)=O)[C@@H](OC(C)=O)[C@@H]1C. The summed E-state index contributed by atoms with van der Waals surface area (Å²) in [6, 6.07) is 6.24. The van der Waals surface area contributed by atoms with Gasteiger partial charge in [-0.3, -0.25) is 14.4 Å². The number of aromatic nitrogens is 2. The lowest BCUT2D eigenvalue weighted by atomic mass is 9.93. The minimum atomic E-state index is -0.827. The van der Waals surface area contributed by atoms with Gasteiger partial charge in [-0.2, -0.15) is 0 Å². The summed E-state index contributed by atoms with van der Waals surface area (Å²) < 4.78 is 19.1. The monoisotopic (exact) mass is 516 g/mol. The predicted octanol–water partition coefficient (Wildman–Crippen LogP) is 4.79. The van der Waals surface area contributed by atoms with E-state index in [-0.39, 0.29) is 17.1 Å². The van der Waals surface area contributed by atoms with Crippen molar-refractivity contribution in [2.24, 2.45) is 5.92 Å². The zero-order valence-corrected chi connectivity index (χ0v) is 23.1. The highest BCUT2D eigenvalue weighted by atomic mass is 32.2. The highest BCUT2D eigenvalue weighted by molar-refractivity contribution is 8.00. The second-order valence-electron chi connectivity index (χ2n) is 9.47. The Bertz CT molecular complexity index is 1140. The Hall–Kier alpha value is -2.81. The third-order valence-corrected chi connectivity index (χ3v) is 8.44. The maximum Gasteiger partial charge on any atom is 0.303 e. The van der Waals surface area contributed by atoms with Gasteiger partial charge in [-0.05, 0) is 43.9 Å². The molecule has 1 aliphatic rings. The zero-order chi connectivity index (χ0) is 26.7. The first-order valence-electron chi connectivity index (χ1n) is 12.2. The molecule has 1 aromatic carbocycles. The third kappa shape index (κ3) is 6.11. The van der Waals surface area contributed by atoms with E-state index in [1.54, 1.807) is 0 Å². The molecule has 0 spiro atoms. The smallest absolute Gasteiger partial charge is 0.303 e. The van der Waals surface area contributed by atoms with Crippen molar-refractivity contribution in [2.45, 2.75) is 91.1 Å². The maximum absolute atomic E-state index is 12.3. The molecule has 0 saturated carbocycles. The van der Waals surface area contributed by atoms with E-state index in [1.165, 1.54) is 48.3 Å². The fourth-order valence-electron chi connectivity index (χ4n) is 4.62. The molecule has 0 radical (unpaired) electrons. The fraction of sp³-hybridized carbons (Fsp3) is 0.556. The molecular weight excluding hydrogens is 480 g/mol. The number of hydrogen-bond acceptors (Lipinski definition) is 8. The normalized spacial score (nSPS) is 23.7. The number of ether oxygens (including phenoxy) is 3. The second-order valence-corrected chi connectivity index (χ2v) is 10.8. The van der Waals surface area contributed by atoms with Crippen LogP contribution in [-0.4, -0.2) is 50.5 Å². The summed E-state index contributed by atoms with van der Waals surface area (Å²) in [5.41, 5.74) is 4.25. The molecule has 8 nitrogen and oxygen atoms in total. The van der Waals surface area contributed by atoms with Crippen LogP contribution in [0, 0.1) is 26.7 Å². The quantitative estimate of drug-likeness (QED) is 0.485. The molecule has 196 valence electrons. The molecule has 1 saturated heterocycles. The van der Waals surface area contributed by atoms with Gasteiger partial charge in [-0.1, -0.05) is 32.0 Å². The largest absolute Gasteiger partial charge is 0.458 e. The summed E-state index contributed by atoms with van der Waals surface area (Å²) in [6.45, 7) is 14.1. The van der Waals surface area contributed by atoms with E-state index in [9.17, 15) is 14.4 Å². The van der Waals surface area contributed by atoms with Gasteiger partial charge in [-0.15, -0.1) is 16.9 Å². The summed E-state index contributed by atoms with van der Waals surface area (Å²) in [5, 5.41) is 4.59. The van der Waals surface area contributed by atoms with Gasteiger partial charge in [0.25, 0.3) is 0 Å². The van der Waals surface area contributed by atoms with Crippen LogP contribution in [0.25, 0.3) is 0 Å². The zero-order valence-electron chi connectivity index (χ0n) is 22.3. The van der Waals surface area contributed by atoms with Crippen molar-refractivity contribution in [2.75, 3.05) is 0 Å². The first-order valence-corrected chi connectivity index (χ1v) is 13.2. The standard InChI is InChI=1S/C27H36N2O6S/c1-9-23-16(4)24(33-19(7)31)25(34-20(8)32)27(36-23)35-26-22(17(5)29(28-26)18(6)30)13-21-11-10-14(2)15(3)12-21/h10-12,16,23-25,27H,9,13H2,1-8H3/t16-,23-,24+,25-,27-/m1/s1. The van der Waals surface area contributed by atoms with E-state index < -0.39 is 29.6 Å². The van der Waals surface area contributed by atoms with Gasteiger partial charge >= 0.3 is 11.9 Å². The van der Waals surface area contributed by atoms with Crippen molar-refractivity contribution in [3.63, 3.8) is 0 Å². The van der Waals surface area contributed by atoms with Gasteiger partial charge in [0.15, 0.2) is 11.5 Å². The molecule has 1 aromatic heterocycles. The molecule has 0 aliphatic carbocycles. The molecule has 0 amide bonds. The van der Waals surface area contributed by atoms with Crippen molar-refractivity contribution in [1.82, 2.24) is 9.78 Å². The molecule has 2 aromatic rings. The molecule has 1 aliphatic heterocycles. The molecule has 0 N–H and O–H groups in total. The molecular formula is C27H36N2O6S. The van der Waals surface area contributed by atoms with Crippen LogP contribution < -0.4 is 4.74 Å². The van der Waals surface area contributed by atoms with Crippen LogP contribution in [0.15, 0.2) is 18.2 Å². The van der Waals surface area contributed by atoms with E-state index in [0.717, 1.165) is 17.5 Å². The fourth-order valence-corrected chi connectivity index (χ4v) is 6.08. The lowest BCUT2D eigenvalue weighted by Gasteiger charge is -2.43. The number of rotatable bonds is 7. The minimum Gasteiger partial charge on any atom is -0.458 e. The number of benzene rings is 1. The highest BCUT2D eigenvalue weighted by Gasteiger charge is 2.48. The van der Waals surface area contributed by atoms with Gasteiger partial charge in [0.1, 0.15) is 6.10 Å². The van der Waals surface area contributed by atoms with Crippen LogP contribution >= 0.6 is 11.8 Å². The number of carbonyl (C=O) groups is 3. The van der Waals surface area contributed by atoms with Crippen LogP contribution in [0.3, 0.4) is 0 Å². The first-order chi connectivity index (χ1) is 16.9. The number of carbonyl (C=O) groups excluding carboxylic acids is 3. The van der Waals surface area contributed by atoms with Crippen LogP contribution in [0.2, 0.25) is 0 Å². The lowest BCUT2D eigenvalue weighted by Crippen LogP contribution is -2.54. The number of esters is 2. The van der Waals surface area contributed by atoms with E-state index >= 15 is 0 Å². The molecule has 3 rings (SSSR count). The van der Waals surface area contributed by atoms with Crippen molar-refractivity contribution in [1.29, 1.82) is 0 Å². The molecule has 9 heteroatoms. The molecule has 5 atom stereocenters. The Balaban J connectivity index is 2.03. The first kappa shape index (κ1) is 27.8. The highest BCUT2D eigenvalue weighted by Crippen LogP contribution is 2.42. The molecule has 36 heavy (non-hydrogen) atoms. The van der Waals surface area contributed by atoms with Crippen molar-refractivity contribution >= 4 is 29.6 Å². The van der Waals surface area contributed by atoms with Gasteiger partial charge in [0.05, 0.1) is 5.69 Å². The lowest BCUT2D eigenvalue weighted by molar-refractivity contribution is -0.175. The number of aryl methyl sites for hydroxylation is 2. The van der Waals surface area contributed by atoms with E-state index in [1.807, 2.05) is 13.8 Å². The molecule has 0 unspecified atom stereocenters. The van der Waals surface area contributed by atoms with Crippen LogP contribution in [0.5, 0.6) is 5.88 Å². The average Bonchev–Trinajstić information content (AvgIpc) is 3.09. The van der Waals surface area contributed by atoms with E-state index in [4.69, 9.17) is 14.2 Å². The van der Waals surface area contributed by atoms with Crippen molar-refractivity contribution < 1.29 is 28.6 Å². The second kappa shape index (κ2) is 11.5. The van der Waals surface area contributed by atoms with Gasteiger partial charge < -0.3 is 14.2 Å². The summed E-state index contributed by atoms with van der Waals surface area (Å²) in [7, 11) is 0. The minimum absolute atomic E-state index is 0.0559. The summed E-state index contributed by atoms with van der Waals surface area (Å²) in [4.78, 5) is 36.3. The Morgan fingerprint density at radius 3 is 2.19 bits per heavy atom.